The average molecular weight is 214 g/mol. The number of Topliss-reactive ketones (excluding diaryl/α,β-unsaturated/α-hetero) is 1. The molecule has 0 atom stereocenters. The van der Waals surface area contributed by atoms with Gasteiger partial charge in [-0.25, -0.2) is 0 Å². The molecule has 84 valence electrons. The van der Waals surface area contributed by atoms with Crippen molar-refractivity contribution in [1.29, 1.82) is 0 Å². The summed E-state index contributed by atoms with van der Waals surface area (Å²) in [7, 11) is 0. The smallest absolute Gasteiger partial charge is 0.166 e. The highest BCUT2D eigenvalue weighted by atomic mass is 16.1. The highest BCUT2D eigenvalue weighted by Crippen LogP contribution is 2.04. The van der Waals surface area contributed by atoms with Crippen LogP contribution in [0.15, 0.2) is 55.1 Å². The van der Waals surface area contributed by atoms with Crippen LogP contribution in [0.25, 0.3) is 0 Å². The van der Waals surface area contributed by atoms with Crippen molar-refractivity contribution in [3.05, 3.63) is 60.7 Å². The molecule has 1 nitrogen and oxygen atoms in total. The number of benzene rings is 1. The quantitative estimate of drug-likeness (QED) is 0.378. The molecule has 1 aromatic rings. The zero-order valence-corrected chi connectivity index (χ0v) is 9.56. The number of hydrogen-bond acceptors (Lipinski definition) is 1. The standard InChI is InChI=1S/C15H18O/c1-2-3-4-5-6-10-13-15(16)14-11-8-7-9-12-14/h2,6-12H,1,3-5,13H2. The van der Waals surface area contributed by atoms with Gasteiger partial charge in [0, 0.05) is 12.0 Å². The minimum atomic E-state index is 0.181. The van der Waals surface area contributed by atoms with Gasteiger partial charge < -0.3 is 0 Å². The number of carbonyl (C=O) groups is 1. The Morgan fingerprint density at radius 1 is 1.12 bits per heavy atom. The van der Waals surface area contributed by atoms with E-state index >= 15 is 0 Å². The van der Waals surface area contributed by atoms with Crippen molar-refractivity contribution >= 4 is 5.78 Å². The van der Waals surface area contributed by atoms with E-state index in [4.69, 9.17) is 0 Å². The molecular formula is C15H18O. The Morgan fingerprint density at radius 2 is 1.88 bits per heavy atom. The largest absolute Gasteiger partial charge is 0.294 e. The van der Waals surface area contributed by atoms with Gasteiger partial charge in [-0.15, -0.1) is 6.58 Å². The molecule has 0 aliphatic rings. The molecule has 0 N–H and O–H groups in total. The molecule has 1 rings (SSSR count). The zero-order chi connectivity index (χ0) is 11.6. The lowest BCUT2D eigenvalue weighted by atomic mass is 10.1. The van der Waals surface area contributed by atoms with Crippen LogP contribution in [0.5, 0.6) is 0 Å². The van der Waals surface area contributed by atoms with Crippen LogP contribution in [-0.4, -0.2) is 5.78 Å². The maximum Gasteiger partial charge on any atom is 0.166 e. The lowest BCUT2D eigenvalue weighted by Gasteiger charge is -1.96. The van der Waals surface area contributed by atoms with Gasteiger partial charge in [0.15, 0.2) is 5.78 Å². The van der Waals surface area contributed by atoms with Gasteiger partial charge in [-0.05, 0) is 19.3 Å². The first kappa shape index (κ1) is 12.4. The molecule has 0 heterocycles. The maximum absolute atomic E-state index is 11.7. The van der Waals surface area contributed by atoms with E-state index in [0.717, 1.165) is 24.8 Å². The molecule has 0 spiro atoms. The van der Waals surface area contributed by atoms with E-state index in [1.165, 1.54) is 0 Å². The first-order valence-electron chi connectivity index (χ1n) is 5.68. The highest BCUT2D eigenvalue weighted by molar-refractivity contribution is 5.96. The van der Waals surface area contributed by atoms with Crippen LogP contribution >= 0.6 is 0 Å². The van der Waals surface area contributed by atoms with Gasteiger partial charge in [-0.2, -0.15) is 0 Å². The molecule has 0 saturated heterocycles. The number of unbranched alkanes of at least 4 members (excludes halogenated alkanes) is 2. The van der Waals surface area contributed by atoms with Gasteiger partial charge in [-0.1, -0.05) is 48.6 Å². The van der Waals surface area contributed by atoms with Crippen LogP contribution < -0.4 is 0 Å². The molecule has 0 saturated carbocycles. The highest BCUT2D eigenvalue weighted by Gasteiger charge is 2.00. The number of allylic oxidation sites excluding steroid dienone is 3. The SMILES string of the molecule is C=CCCCC=CCC(=O)c1ccccc1. The van der Waals surface area contributed by atoms with Gasteiger partial charge in [0.2, 0.25) is 0 Å². The second-order valence-corrected chi connectivity index (χ2v) is 3.68. The Bertz CT molecular complexity index is 349. The predicted molar refractivity (Wildman–Crippen MR) is 68.6 cm³/mol. The number of ketones is 1. The summed E-state index contributed by atoms with van der Waals surface area (Å²) in [6.45, 7) is 3.67. The zero-order valence-electron chi connectivity index (χ0n) is 9.56. The lowest BCUT2D eigenvalue weighted by molar-refractivity contribution is 0.0996. The molecule has 0 aromatic heterocycles. The van der Waals surface area contributed by atoms with Gasteiger partial charge >= 0.3 is 0 Å². The van der Waals surface area contributed by atoms with E-state index in [2.05, 4.69) is 12.7 Å². The molecule has 0 fully saturated rings. The monoisotopic (exact) mass is 214 g/mol. The summed E-state index contributed by atoms with van der Waals surface area (Å²) in [6.07, 6.45) is 9.62. The average Bonchev–Trinajstić information content (AvgIpc) is 2.34. The second-order valence-electron chi connectivity index (χ2n) is 3.68. The van der Waals surface area contributed by atoms with Crippen molar-refractivity contribution in [2.24, 2.45) is 0 Å². The Morgan fingerprint density at radius 3 is 2.56 bits per heavy atom. The van der Waals surface area contributed by atoms with E-state index in [0.29, 0.717) is 6.42 Å². The molecule has 0 amide bonds. The van der Waals surface area contributed by atoms with Crippen molar-refractivity contribution in [3.63, 3.8) is 0 Å². The molecule has 0 unspecified atom stereocenters. The molecule has 0 aliphatic carbocycles. The fourth-order valence-corrected chi connectivity index (χ4v) is 1.43. The fourth-order valence-electron chi connectivity index (χ4n) is 1.43. The molecule has 0 aliphatic heterocycles. The van der Waals surface area contributed by atoms with Gasteiger partial charge in [-0.3, -0.25) is 4.79 Å². The van der Waals surface area contributed by atoms with E-state index in [1.54, 1.807) is 0 Å². The van der Waals surface area contributed by atoms with E-state index < -0.39 is 0 Å². The third kappa shape index (κ3) is 4.74. The van der Waals surface area contributed by atoms with Crippen LogP contribution in [0.1, 0.15) is 36.0 Å². The summed E-state index contributed by atoms with van der Waals surface area (Å²) in [5.41, 5.74) is 0.790. The lowest BCUT2D eigenvalue weighted by Crippen LogP contribution is -1.95. The summed E-state index contributed by atoms with van der Waals surface area (Å²) in [5, 5.41) is 0. The van der Waals surface area contributed by atoms with Crippen LogP contribution in [0.2, 0.25) is 0 Å². The molecular weight excluding hydrogens is 196 g/mol. The maximum atomic E-state index is 11.7. The summed E-state index contributed by atoms with van der Waals surface area (Å²) in [4.78, 5) is 11.7. The Balaban J connectivity index is 2.28. The van der Waals surface area contributed by atoms with E-state index in [-0.39, 0.29) is 5.78 Å². The van der Waals surface area contributed by atoms with Crippen LogP contribution in [-0.2, 0) is 0 Å². The van der Waals surface area contributed by atoms with Crippen LogP contribution in [0, 0.1) is 0 Å². The van der Waals surface area contributed by atoms with Gasteiger partial charge in [0.1, 0.15) is 0 Å². The van der Waals surface area contributed by atoms with Gasteiger partial charge in [0.05, 0.1) is 0 Å². The van der Waals surface area contributed by atoms with E-state index in [1.807, 2.05) is 42.5 Å². The third-order valence-corrected chi connectivity index (χ3v) is 2.34. The minimum absolute atomic E-state index is 0.181. The molecule has 1 heteroatoms. The molecule has 1 aromatic carbocycles. The van der Waals surface area contributed by atoms with Gasteiger partial charge in [0.25, 0.3) is 0 Å². The Kier molecular flexibility index (Phi) is 5.94. The van der Waals surface area contributed by atoms with Crippen LogP contribution in [0.4, 0.5) is 0 Å². The van der Waals surface area contributed by atoms with Crippen molar-refractivity contribution in [2.45, 2.75) is 25.7 Å². The summed E-state index contributed by atoms with van der Waals surface area (Å²) in [5.74, 6) is 0.181. The molecule has 0 radical (unpaired) electrons. The first-order chi connectivity index (χ1) is 7.84. The van der Waals surface area contributed by atoms with Crippen molar-refractivity contribution in [2.75, 3.05) is 0 Å². The van der Waals surface area contributed by atoms with E-state index in [9.17, 15) is 4.79 Å². The first-order valence-corrected chi connectivity index (χ1v) is 5.68. The predicted octanol–water partition coefficient (Wildman–Crippen LogP) is 4.17. The van der Waals surface area contributed by atoms with Crippen molar-refractivity contribution < 1.29 is 4.79 Å². The normalized spacial score (nSPS) is 10.5. The van der Waals surface area contributed by atoms with Crippen LogP contribution in [0.3, 0.4) is 0 Å². The summed E-state index contributed by atoms with van der Waals surface area (Å²) < 4.78 is 0. The molecule has 16 heavy (non-hydrogen) atoms. The number of rotatable bonds is 7. The number of hydrogen-bond donors (Lipinski definition) is 0. The molecule has 0 bridgehead atoms. The Labute approximate surface area is 97.5 Å². The summed E-state index contributed by atoms with van der Waals surface area (Å²) >= 11 is 0. The summed E-state index contributed by atoms with van der Waals surface area (Å²) in [6, 6.07) is 9.41. The second kappa shape index (κ2) is 7.63. The Hall–Kier alpha value is -1.63. The minimum Gasteiger partial charge on any atom is -0.294 e. The number of carbonyl (C=O) groups excluding carboxylic acids is 1. The topological polar surface area (TPSA) is 17.1 Å². The fraction of sp³-hybridized carbons (Fsp3) is 0.267. The van der Waals surface area contributed by atoms with Crippen molar-refractivity contribution in [1.82, 2.24) is 0 Å². The third-order valence-electron chi connectivity index (χ3n) is 2.34. The van der Waals surface area contributed by atoms with Crippen molar-refractivity contribution in [3.8, 4) is 0 Å².